The van der Waals surface area contributed by atoms with Gasteiger partial charge in [-0.2, -0.15) is 4.31 Å². The third kappa shape index (κ3) is 5.27. The fraction of sp³-hybridized carbons (Fsp3) is 0.391. The second kappa shape index (κ2) is 10.3. The minimum absolute atomic E-state index is 0.291. The van der Waals surface area contributed by atoms with Gasteiger partial charge in [-0.05, 0) is 55.8 Å². The van der Waals surface area contributed by atoms with E-state index in [0.717, 1.165) is 28.3 Å². The molecule has 2 fully saturated rings. The second-order valence-electron chi connectivity index (χ2n) is 8.61. The van der Waals surface area contributed by atoms with Crippen LogP contribution in [0.4, 0.5) is 5.13 Å². The molecular weight excluding hydrogens is 506 g/mol. The van der Waals surface area contributed by atoms with Crippen molar-refractivity contribution in [3.63, 3.8) is 0 Å². The summed E-state index contributed by atoms with van der Waals surface area (Å²) in [7, 11) is -3.60. The number of amides is 1. The molecule has 2 N–H and O–H groups in total. The molecule has 2 aromatic heterocycles. The van der Waals surface area contributed by atoms with Crippen molar-refractivity contribution in [1.29, 1.82) is 0 Å². The van der Waals surface area contributed by atoms with Crippen LogP contribution in [0.25, 0.3) is 10.4 Å². The Morgan fingerprint density at radius 3 is 2.37 bits per heavy atom. The molecule has 186 valence electrons. The van der Waals surface area contributed by atoms with E-state index in [1.165, 1.54) is 41.3 Å². The van der Waals surface area contributed by atoms with E-state index >= 15 is 0 Å². The molecule has 0 spiro atoms. The predicted octanol–water partition coefficient (Wildman–Crippen LogP) is 3.10. The molecule has 3 aromatic rings. The number of nitrogens with one attached hydrogen (secondary N) is 1. The first kappa shape index (κ1) is 24.3. The van der Waals surface area contributed by atoms with Gasteiger partial charge in [-0.25, -0.2) is 18.9 Å². The van der Waals surface area contributed by atoms with E-state index < -0.39 is 15.9 Å². The molecule has 0 aliphatic carbocycles. The zero-order valence-electron chi connectivity index (χ0n) is 19.1. The van der Waals surface area contributed by atoms with Gasteiger partial charge in [0.1, 0.15) is 4.88 Å². The summed E-state index contributed by atoms with van der Waals surface area (Å²) in [6.45, 7) is 4.92. The number of thiophene rings is 1. The largest absolute Gasteiger partial charge is 0.345 e. The number of hydroxylamine groups is 1. The number of anilines is 1. The first-order valence-electron chi connectivity index (χ1n) is 11.5. The fourth-order valence-electron chi connectivity index (χ4n) is 4.41. The molecule has 1 aromatic carbocycles. The average Bonchev–Trinajstić information content (AvgIpc) is 3.66. The van der Waals surface area contributed by atoms with Crippen LogP contribution in [0, 0.1) is 0 Å². The van der Waals surface area contributed by atoms with Gasteiger partial charge in [-0.1, -0.05) is 23.5 Å². The molecule has 12 heteroatoms. The Labute approximate surface area is 212 Å². The van der Waals surface area contributed by atoms with Gasteiger partial charge in [0.05, 0.1) is 11.1 Å². The number of nitrogens with zero attached hydrogens (tertiary/aromatic N) is 4. The smallest absolute Gasteiger partial charge is 0.286 e. The predicted molar refractivity (Wildman–Crippen MR) is 137 cm³/mol. The van der Waals surface area contributed by atoms with Gasteiger partial charge in [0, 0.05) is 42.5 Å². The van der Waals surface area contributed by atoms with Crippen molar-refractivity contribution in [1.82, 2.24) is 19.7 Å². The summed E-state index contributed by atoms with van der Waals surface area (Å²) in [5, 5.41) is 9.40. The lowest BCUT2D eigenvalue weighted by Gasteiger charge is -2.33. The standard InChI is InChI=1S/C23H27N5O4S3/c29-22(25-30)21-15-24-23(34-21)27-11-13-28(14-12-27)35(31,32)19-6-3-17(4-7-19)20-8-5-18(33-20)16-26-9-1-2-10-26/h3-8,15,30H,1-2,9-14,16H2,(H,25,29). The highest BCUT2D eigenvalue weighted by atomic mass is 32.2. The van der Waals surface area contributed by atoms with Crippen molar-refractivity contribution in [3.8, 4) is 10.4 Å². The summed E-state index contributed by atoms with van der Waals surface area (Å²) in [5.41, 5.74) is 2.62. The zero-order chi connectivity index (χ0) is 24.4. The van der Waals surface area contributed by atoms with E-state index in [9.17, 15) is 13.2 Å². The molecule has 0 atom stereocenters. The Morgan fingerprint density at radius 2 is 1.69 bits per heavy atom. The first-order valence-corrected chi connectivity index (χ1v) is 14.6. The molecule has 1 amide bonds. The van der Waals surface area contributed by atoms with Gasteiger partial charge in [0.25, 0.3) is 5.91 Å². The van der Waals surface area contributed by atoms with E-state index in [2.05, 4.69) is 22.0 Å². The molecule has 35 heavy (non-hydrogen) atoms. The molecule has 0 unspecified atom stereocenters. The third-order valence-corrected chi connectivity index (χ3v) is 10.4. The van der Waals surface area contributed by atoms with Crippen LogP contribution >= 0.6 is 22.7 Å². The van der Waals surface area contributed by atoms with Gasteiger partial charge < -0.3 is 4.90 Å². The summed E-state index contributed by atoms with van der Waals surface area (Å²) < 4.78 is 27.9. The van der Waals surface area contributed by atoms with Crippen molar-refractivity contribution < 1.29 is 18.4 Å². The number of aromatic nitrogens is 1. The molecule has 0 bridgehead atoms. The van der Waals surface area contributed by atoms with Crippen LogP contribution in [0.1, 0.15) is 27.4 Å². The number of carbonyl (C=O) groups excluding carboxylic acids is 1. The van der Waals surface area contributed by atoms with E-state index in [4.69, 9.17) is 5.21 Å². The highest BCUT2D eigenvalue weighted by molar-refractivity contribution is 7.89. The lowest BCUT2D eigenvalue weighted by Crippen LogP contribution is -2.48. The van der Waals surface area contributed by atoms with Gasteiger partial charge in [-0.3, -0.25) is 14.9 Å². The van der Waals surface area contributed by atoms with Gasteiger partial charge in [0.2, 0.25) is 10.0 Å². The molecule has 0 saturated carbocycles. The van der Waals surface area contributed by atoms with Crippen LogP contribution in [0.15, 0.2) is 47.5 Å². The highest BCUT2D eigenvalue weighted by Crippen LogP contribution is 2.31. The minimum atomic E-state index is -3.60. The van der Waals surface area contributed by atoms with Crippen LogP contribution in [-0.2, 0) is 16.6 Å². The number of rotatable bonds is 7. The number of hydrogen-bond donors (Lipinski definition) is 2. The SMILES string of the molecule is O=C(NO)c1cnc(N2CCN(S(=O)(=O)c3ccc(-c4ccc(CN5CCCC5)s4)cc3)CC2)s1. The molecular formula is C23H27N5O4S3. The van der Waals surface area contributed by atoms with E-state index in [-0.39, 0.29) is 0 Å². The van der Waals surface area contributed by atoms with Crippen LogP contribution < -0.4 is 10.4 Å². The van der Waals surface area contributed by atoms with Crippen molar-refractivity contribution in [2.45, 2.75) is 24.3 Å². The third-order valence-electron chi connectivity index (χ3n) is 6.34. The van der Waals surface area contributed by atoms with Crippen molar-refractivity contribution >= 4 is 43.7 Å². The summed E-state index contributed by atoms with van der Waals surface area (Å²) in [6.07, 6.45) is 3.95. The fourth-order valence-corrected chi connectivity index (χ4v) is 7.75. The first-order chi connectivity index (χ1) is 16.9. The quantitative estimate of drug-likeness (QED) is 0.355. The average molecular weight is 534 g/mol. The summed E-state index contributed by atoms with van der Waals surface area (Å²) >= 11 is 2.93. The topological polar surface area (TPSA) is 106 Å². The maximum atomic E-state index is 13.2. The minimum Gasteiger partial charge on any atom is -0.345 e. The Hall–Kier alpha value is -2.35. The normalized spacial score (nSPS) is 17.7. The van der Waals surface area contributed by atoms with Crippen LogP contribution in [-0.4, -0.2) is 73.0 Å². The van der Waals surface area contributed by atoms with Crippen molar-refractivity contribution in [3.05, 3.63) is 52.3 Å². The molecule has 2 saturated heterocycles. The van der Waals surface area contributed by atoms with E-state index in [1.807, 2.05) is 17.0 Å². The number of benzene rings is 1. The lowest BCUT2D eigenvalue weighted by molar-refractivity contribution is 0.0710. The molecule has 5 rings (SSSR count). The van der Waals surface area contributed by atoms with Crippen LogP contribution in [0.2, 0.25) is 0 Å². The Morgan fingerprint density at radius 1 is 0.971 bits per heavy atom. The summed E-state index contributed by atoms with van der Waals surface area (Å²) in [5.74, 6) is -0.608. The van der Waals surface area contributed by atoms with Crippen molar-refractivity contribution in [2.24, 2.45) is 0 Å². The maximum Gasteiger partial charge on any atom is 0.286 e. The molecule has 4 heterocycles. The number of hydrogen-bond acceptors (Lipinski definition) is 9. The molecule has 0 radical (unpaired) electrons. The number of likely N-dealkylation sites (tertiary alicyclic amines) is 1. The van der Waals surface area contributed by atoms with Gasteiger partial charge in [0.15, 0.2) is 5.13 Å². The highest BCUT2D eigenvalue weighted by Gasteiger charge is 2.29. The Bertz CT molecular complexity index is 1270. The van der Waals surface area contributed by atoms with Crippen molar-refractivity contribution in [2.75, 3.05) is 44.2 Å². The lowest BCUT2D eigenvalue weighted by atomic mass is 10.2. The Kier molecular flexibility index (Phi) is 7.19. The number of carbonyl (C=O) groups is 1. The van der Waals surface area contributed by atoms with E-state index in [0.29, 0.717) is 41.1 Å². The number of piperazine rings is 1. The number of thiazole rings is 1. The summed E-state index contributed by atoms with van der Waals surface area (Å²) in [6, 6.07) is 11.4. The van der Waals surface area contributed by atoms with Gasteiger partial charge in [-0.15, -0.1) is 11.3 Å². The monoisotopic (exact) mass is 533 g/mol. The second-order valence-corrected chi connectivity index (χ2v) is 12.7. The van der Waals surface area contributed by atoms with Crippen LogP contribution in [0.3, 0.4) is 0 Å². The van der Waals surface area contributed by atoms with Gasteiger partial charge >= 0.3 is 0 Å². The molecule has 2 aliphatic rings. The zero-order valence-corrected chi connectivity index (χ0v) is 21.5. The number of sulfonamides is 1. The van der Waals surface area contributed by atoms with E-state index in [1.54, 1.807) is 28.9 Å². The Balaban J connectivity index is 1.21. The molecule has 2 aliphatic heterocycles. The maximum absolute atomic E-state index is 13.2. The summed E-state index contributed by atoms with van der Waals surface area (Å²) in [4.78, 5) is 23.3. The molecule has 9 nitrogen and oxygen atoms in total. The van der Waals surface area contributed by atoms with Crippen LogP contribution in [0.5, 0.6) is 0 Å².